The van der Waals surface area contributed by atoms with Crippen LogP contribution in [0.2, 0.25) is 0 Å². The quantitative estimate of drug-likeness (QED) is 0.202. The van der Waals surface area contributed by atoms with Gasteiger partial charge < -0.3 is 4.74 Å². The lowest BCUT2D eigenvalue weighted by atomic mass is 10.0. The molecule has 34 heavy (non-hydrogen) atoms. The minimum atomic E-state index is -0.327. The number of hydrogen-bond donors (Lipinski definition) is 0. The number of ether oxygens (including phenoxy) is 1. The van der Waals surface area contributed by atoms with Crippen molar-refractivity contribution in [2.45, 2.75) is 13.1 Å². The molecule has 4 aromatic rings. The predicted molar refractivity (Wildman–Crippen MR) is 139 cm³/mol. The maximum absolute atomic E-state index is 12.3. The van der Waals surface area contributed by atoms with Gasteiger partial charge in [0.05, 0.1) is 0 Å². The van der Waals surface area contributed by atoms with Gasteiger partial charge >= 0.3 is 5.97 Å². The first-order valence-corrected chi connectivity index (χ1v) is 11.6. The first-order chi connectivity index (χ1) is 16.8. The van der Waals surface area contributed by atoms with Gasteiger partial charge in [0.15, 0.2) is 0 Å². The molecule has 0 bridgehead atoms. The highest BCUT2D eigenvalue weighted by Crippen LogP contribution is 2.19. The Kier molecular flexibility index (Phi) is 8.42. The van der Waals surface area contributed by atoms with Crippen LogP contribution >= 0.6 is 0 Å². The van der Waals surface area contributed by atoms with Gasteiger partial charge in [-0.15, -0.1) is 0 Å². The third-order valence-corrected chi connectivity index (χ3v) is 5.58. The van der Waals surface area contributed by atoms with Crippen molar-refractivity contribution >= 4 is 12.0 Å². The molecule has 0 fully saturated rings. The highest BCUT2D eigenvalue weighted by Gasteiger charge is 2.08. The van der Waals surface area contributed by atoms with E-state index in [2.05, 4.69) is 53.4 Å². The van der Waals surface area contributed by atoms with E-state index in [4.69, 9.17) is 4.74 Å². The molecule has 4 rings (SSSR count). The number of rotatable bonds is 10. The molecule has 0 saturated heterocycles. The van der Waals surface area contributed by atoms with Gasteiger partial charge in [0.25, 0.3) is 0 Å². The van der Waals surface area contributed by atoms with Crippen LogP contribution in [0.25, 0.3) is 17.2 Å². The Morgan fingerprint density at radius 1 is 0.647 bits per heavy atom. The van der Waals surface area contributed by atoms with E-state index in [-0.39, 0.29) is 5.97 Å². The fourth-order valence-electron chi connectivity index (χ4n) is 3.80. The second-order valence-corrected chi connectivity index (χ2v) is 8.17. The van der Waals surface area contributed by atoms with Gasteiger partial charge in [-0.05, 0) is 33.9 Å². The summed E-state index contributed by atoms with van der Waals surface area (Å²) in [6, 6.07) is 39.1. The van der Waals surface area contributed by atoms with Crippen LogP contribution in [0.1, 0.15) is 16.7 Å². The summed E-state index contributed by atoms with van der Waals surface area (Å²) in [5.74, 6) is -0.327. The van der Waals surface area contributed by atoms with E-state index in [1.54, 1.807) is 6.08 Å². The van der Waals surface area contributed by atoms with Crippen LogP contribution in [0.5, 0.6) is 0 Å². The zero-order valence-electron chi connectivity index (χ0n) is 19.2. The Morgan fingerprint density at radius 2 is 1.15 bits per heavy atom. The average molecular weight is 448 g/mol. The number of esters is 1. The molecule has 3 heteroatoms. The monoisotopic (exact) mass is 447 g/mol. The summed E-state index contributed by atoms with van der Waals surface area (Å²) in [7, 11) is 0. The van der Waals surface area contributed by atoms with Crippen LogP contribution < -0.4 is 0 Å². The number of nitrogens with zero attached hydrogens (tertiary/aromatic N) is 1. The Hall–Kier alpha value is -3.95. The Bertz CT molecular complexity index is 1130. The summed E-state index contributed by atoms with van der Waals surface area (Å²) in [4.78, 5) is 14.6. The molecule has 0 aliphatic carbocycles. The normalized spacial score (nSPS) is 11.1. The Labute approximate surface area is 202 Å². The van der Waals surface area contributed by atoms with Crippen molar-refractivity contribution in [2.75, 3.05) is 13.2 Å². The summed E-state index contributed by atoms with van der Waals surface area (Å²) in [5.41, 5.74) is 5.77. The van der Waals surface area contributed by atoms with Gasteiger partial charge in [-0.25, -0.2) is 4.79 Å². The summed E-state index contributed by atoms with van der Waals surface area (Å²) in [5, 5.41) is 0. The molecule has 0 unspecified atom stereocenters. The number of carbonyl (C=O) groups excluding carboxylic acids is 1. The fourth-order valence-corrected chi connectivity index (χ4v) is 3.80. The van der Waals surface area contributed by atoms with Crippen LogP contribution in [-0.2, 0) is 22.6 Å². The van der Waals surface area contributed by atoms with Crippen molar-refractivity contribution in [3.8, 4) is 11.1 Å². The standard InChI is InChI=1S/C31H29NO2/c33-31(21-18-26-16-19-30(20-17-26)29-14-8-3-9-15-29)34-23-22-32(24-27-10-4-1-5-11-27)25-28-12-6-2-7-13-28/h1-21H,22-25H2/b21-18-. The van der Waals surface area contributed by atoms with E-state index in [9.17, 15) is 4.79 Å². The van der Waals surface area contributed by atoms with E-state index in [0.717, 1.165) is 24.2 Å². The Balaban J connectivity index is 1.29. The molecule has 3 nitrogen and oxygen atoms in total. The van der Waals surface area contributed by atoms with Gasteiger partial charge in [-0.1, -0.05) is 115 Å². The minimum Gasteiger partial charge on any atom is -0.461 e. The molecule has 0 spiro atoms. The second kappa shape index (κ2) is 12.3. The van der Waals surface area contributed by atoms with Gasteiger partial charge in [0.1, 0.15) is 6.61 Å². The summed E-state index contributed by atoms with van der Waals surface area (Å²) in [6.07, 6.45) is 3.29. The highest BCUT2D eigenvalue weighted by atomic mass is 16.5. The van der Waals surface area contributed by atoms with Crippen LogP contribution in [-0.4, -0.2) is 24.0 Å². The summed E-state index contributed by atoms with van der Waals surface area (Å²) < 4.78 is 5.50. The van der Waals surface area contributed by atoms with E-state index in [1.807, 2.05) is 66.7 Å². The molecule has 4 aromatic carbocycles. The molecular weight excluding hydrogens is 418 g/mol. The smallest absolute Gasteiger partial charge is 0.330 e. The topological polar surface area (TPSA) is 29.5 Å². The van der Waals surface area contributed by atoms with E-state index in [1.165, 1.54) is 22.8 Å². The van der Waals surface area contributed by atoms with Crippen molar-refractivity contribution < 1.29 is 9.53 Å². The molecule has 0 radical (unpaired) electrons. The SMILES string of the molecule is O=C(/C=C\c1ccc(-c2ccccc2)cc1)OCCN(Cc1ccccc1)Cc1ccccc1. The zero-order valence-corrected chi connectivity index (χ0v) is 19.2. The molecule has 0 heterocycles. The maximum Gasteiger partial charge on any atom is 0.330 e. The number of hydrogen-bond acceptors (Lipinski definition) is 3. The molecule has 0 atom stereocenters. The van der Waals surface area contributed by atoms with Crippen molar-refractivity contribution in [2.24, 2.45) is 0 Å². The largest absolute Gasteiger partial charge is 0.461 e. The minimum absolute atomic E-state index is 0.327. The second-order valence-electron chi connectivity index (χ2n) is 8.17. The van der Waals surface area contributed by atoms with Crippen molar-refractivity contribution in [1.29, 1.82) is 0 Å². The predicted octanol–water partition coefficient (Wildman–Crippen LogP) is 6.61. The maximum atomic E-state index is 12.3. The van der Waals surface area contributed by atoms with Crippen molar-refractivity contribution in [3.63, 3.8) is 0 Å². The van der Waals surface area contributed by atoms with Gasteiger partial charge in [0, 0.05) is 25.7 Å². The fraction of sp³-hybridized carbons (Fsp3) is 0.129. The van der Waals surface area contributed by atoms with Crippen LogP contribution in [0.4, 0.5) is 0 Å². The first-order valence-electron chi connectivity index (χ1n) is 11.6. The Morgan fingerprint density at radius 3 is 1.71 bits per heavy atom. The van der Waals surface area contributed by atoms with Gasteiger partial charge in [-0.3, -0.25) is 4.90 Å². The molecule has 0 amide bonds. The van der Waals surface area contributed by atoms with Gasteiger partial charge in [-0.2, -0.15) is 0 Å². The highest BCUT2D eigenvalue weighted by molar-refractivity contribution is 5.87. The number of carbonyl (C=O) groups is 1. The van der Waals surface area contributed by atoms with Crippen LogP contribution in [0.3, 0.4) is 0 Å². The zero-order chi connectivity index (χ0) is 23.4. The number of benzene rings is 4. The molecule has 0 aromatic heterocycles. The lowest BCUT2D eigenvalue weighted by molar-refractivity contribution is -0.138. The summed E-state index contributed by atoms with van der Waals surface area (Å²) >= 11 is 0. The van der Waals surface area contributed by atoms with Gasteiger partial charge in [0.2, 0.25) is 0 Å². The van der Waals surface area contributed by atoms with Crippen molar-refractivity contribution in [3.05, 3.63) is 138 Å². The lowest BCUT2D eigenvalue weighted by Gasteiger charge is -2.22. The molecular formula is C31H29NO2. The van der Waals surface area contributed by atoms with E-state index >= 15 is 0 Å². The third kappa shape index (κ3) is 7.29. The van der Waals surface area contributed by atoms with Crippen LogP contribution in [0.15, 0.2) is 121 Å². The van der Waals surface area contributed by atoms with Crippen LogP contribution in [0, 0.1) is 0 Å². The summed E-state index contributed by atoms with van der Waals surface area (Å²) in [6.45, 7) is 2.61. The molecule has 0 aliphatic heterocycles. The third-order valence-electron chi connectivity index (χ3n) is 5.58. The molecule has 0 N–H and O–H groups in total. The van der Waals surface area contributed by atoms with E-state index in [0.29, 0.717) is 13.2 Å². The molecule has 170 valence electrons. The molecule has 0 aliphatic rings. The van der Waals surface area contributed by atoms with E-state index < -0.39 is 0 Å². The van der Waals surface area contributed by atoms with Crippen molar-refractivity contribution in [1.82, 2.24) is 4.90 Å². The average Bonchev–Trinajstić information content (AvgIpc) is 2.89. The first kappa shape index (κ1) is 23.2. The lowest BCUT2D eigenvalue weighted by Crippen LogP contribution is -2.27. The molecule has 0 saturated carbocycles.